The smallest absolute Gasteiger partial charge is 0.301 e. The molecule has 1 saturated heterocycles. The summed E-state index contributed by atoms with van der Waals surface area (Å²) in [6, 6.07) is 15.9. The van der Waals surface area contributed by atoms with Crippen LogP contribution in [0, 0.1) is 0 Å². The largest absolute Gasteiger partial charge is 0.508 e. The summed E-state index contributed by atoms with van der Waals surface area (Å²) in [6.07, 6.45) is 0.703. The number of aliphatic hydroxyl groups is 1. The van der Waals surface area contributed by atoms with Gasteiger partial charge < -0.3 is 19.7 Å². The third-order valence-corrected chi connectivity index (χ3v) is 7.63. The quantitative estimate of drug-likeness (QED) is 0.225. The first-order chi connectivity index (χ1) is 17.8. The van der Waals surface area contributed by atoms with Gasteiger partial charge >= 0.3 is 5.91 Å². The third kappa shape index (κ3) is 3.79. The molecule has 0 spiro atoms. The summed E-state index contributed by atoms with van der Waals surface area (Å²) in [6.45, 7) is 1.96. The van der Waals surface area contributed by atoms with Gasteiger partial charge in [-0.25, -0.2) is 4.98 Å². The van der Waals surface area contributed by atoms with Crippen LogP contribution < -0.4 is 14.4 Å². The lowest BCUT2D eigenvalue weighted by Crippen LogP contribution is -2.29. The molecule has 2 unspecified atom stereocenters. The number of aliphatic hydroxyl groups excluding tert-OH is 1. The van der Waals surface area contributed by atoms with Crippen LogP contribution in [0.15, 0.2) is 66.2 Å². The molecule has 1 amide bonds. The molecule has 4 aromatic rings. The Morgan fingerprint density at radius 2 is 1.89 bits per heavy atom. The Kier molecular flexibility index (Phi) is 5.38. The first kappa shape index (κ1) is 23.1. The number of aromatic nitrogens is 1. The highest BCUT2D eigenvalue weighted by Gasteiger charge is 2.48. The number of ether oxygens (including phenoxy) is 2. The van der Waals surface area contributed by atoms with Gasteiger partial charge in [-0.15, -0.1) is 0 Å². The molecule has 1 fully saturated rings. The SMILES string of the molecule is COc1ccc2nc(N3C(=O)C(=O)/C(=C(/O)c4ccc5c(c4)CC(C)O5)C3c3ccc(O)cc3)sc2c1. The van der Waals surface area contributed by atoms with E-state index < -0.39 is 17.7 Å². The number of phenols is 1. The third-order valence-electron chi connectivity index (χ3n) is 6.61. The van der Waals surface area contributed by atoms with E-state index in [1.54, 1.807) is 49.6 Å². The Morgan fingerprint density at radius 1 is 1.11 bits per heavy atom. The van der Waals surface area contributed by atoms with Crippen LogP contribution in [-0.4, -0.2) is 40.1 Å². The van der Waals surface area contributed by atoms with Gasteiger partial charge in [0, 0.05) is 12.0 Å². The maximum Gasteiger partial charge on any atom is 0.301 e. The topological polar surface area (TPSA) is 109 Å². The van der Waals surface area contributed by atoms with Gasteiger partial charge in [-0.2, -0.15) is 0 Å². The molecule has 0 saturated carbocycles. The van der Waals surface area contributed by atoms with Gasteiger partial charge in [-0.1, -0.05) is 23.5 Å². The lowest BCUT2D eigenvalue weighted by atomic mass is 9.94. The van der Waals surface area contributed by atoms with E-state index in [0.29, 0.717) is 33.9 Å². The lowest BCUT2D eigenvalue weighted by molar-refractivity contribution is -0.132. The number of hydrogen-bond donors (Lipinski definition) is 2. The Bertz CT molecular complexity index is 1610. The number of amides is 1. The minimum atomic E-state index is -0.938. The predicted octanol–water partition coefficient (Wildman–Crippen LogP) is 4.96. The van der Waals surface area contributed by atoms with E-state index in [1.165, 1.54) is 28.4 Å². The lowest BCUT2D eigenvalue weighted by Gasteiger charge is -2.23. The molecule has 6 rings (SSSR count). The number of Topliss-reactive ketones (excluding diaryl/α,β-unsaturated/α-hetero) is 1. The Balaban J connectivity index is 1.52. The molecule has 2 aliphatic rings. The van der Waals surface area contributed by atoms with Crippen molar-refractivity contribution in [2.45, 2.75) is 25.5 Å². The number of hydrogen-bond acceptors (Lipinski definition) is 8. The van der Waals surface area contributed by atoms with Crippen molar-refractivity contribution in [1.29, 1.82) is 0 Å². The summed E-state index contributed by atoms with van der Waals surface area (Å²) in [7, 11) is 1.57. The van der Waals surface area contributed by atoms with Gasteiger partial charge in [0.05, 0.1) is 28.9 Å². The van der Waals surface area contributed by atoms with E-state index in [0.717, 1.165) is 16.0 Å². The molecule has 9 heteroatoms. The van der Waals surface area contributed by atoms with Crippen LogP contribution >= 0.6 is 11.3 Å². The number of carbonyl (C=O) groups excluding carboxylic acids is 2. The van der Waals surface area contributed by atoms with E-state index in [4.69, 9.17) is 9.47 Å². The van der Waals surface area contributed by atoms with Crippen molar-refractivity contribution in [3.05, 3.63) is 82.9 Å². The second-order valence-electron chi connectivity index (χ2n) is 9.05. The number of rotatable bonds is 4. The van der Waals surface area contributed by atoms with Crippen LogP contribution in [0.1, 0.15) is 29.7 Å². The average molecular weight is 515 g/mol. The van der Waals surface area contributed by atoms with Crippen LogP contribution in [0.25, 0.3) is 16.0 Å². The molecule has 0 bridgehead atoms. The zero-order valence-corrected chi connectivity index (χ0v) is 20.8. The van der Waals surface area contributed by atoms with Crippen molar-refractivity contribution in [2.75, 3.05) is 12.0 Å². The van der Waals surface area contributed by atoms with E-state index >= 15 is 0 Å². The highest BCUT2D eigenvalue weighted by molar-refractivity contribution is 7.22. The summed E-state index contributed by atoms with van der Waals surface area (Å²) >= 11 is 1.25. The van der Waals surface area contributed by atoms with Crippen LogP contribution in [0.5, 0.6) is 17.2 Å². The average Bonchev–Trinajstić information content (AvgIpc) is 3.55. The Labute approximate surface area is 216 Å². The van der Waals surface area contributed by atoms with Crippen molar-refractivity contribution >= 4 is 44.1 Å². The van der Waals surface area contributed by atoms with Gasteiger partial charge in [-0.05, 0) is 66.6 Å². The maximum atomic E-state index is 13.4. The van der Waals surface area contributed by atoms with Crippen molar-refractivity contribution in [1.82, 2.24) is 4.98 Å². The van der Waals surface area contributed by atoms with Crippen LogP contribution in [0.2, 0.25) is 0 Å². The first-order valence-electron chi connectivity index (χ1n) is 11.7. The molecule has 0 aliphatic carbocycles. The van der Waals surface area contributed by atoms with Gasteiger partial charge in [0.2, 0.25) is 0 Å². The molecule has 3 heterocycles. The monoisotopic (exact) mass is 514 g/mol. The van der Waals surface area contributed by atoms with Crippen LogP contribution in [0.4, 0.5) is 5.13 Å². The normalized spacial score (nSPS) is 20.3. The summed E-state index contributed by atoms with van der Waals surface area (Å²) in [5, 5.41) is 21.6. The molecule has 37 heavy (non-hydrogen) atoms. The second kappa shape index (κ2) is 8.63. The van der Waals surface area contributed by atoms with E-state index in [9.17, 15) is 19.8 Å². The number of ketones is 1. The summed E-state index contributed by atoms with van der Waals surface area (Å²) < 4.78 is 11.8. The molecule has 186 valence electrons. The first-order valence-corrected chi connectivity index (χ1v) is 12.5. The molecule has 2 aliphatic heterocycles. The number of nitrogens with zero attached hydrogens (tertiary/aromatic N) is 2. The Morgan fingerprint density at radius 3 is 2.65 bits per heavy atom. The number of phenolic OH excluding ortho intramolecular Hbond substituents is 1. The summed E-state index contributed by atoms with van der Waals surface area (Å²) in [4.78, 5) is 32.8. The van der Waals surface area contributed by atoms with Crippen molar-refractivity contribution in [3.63, 3.8) is 0 Å². The molecular formula is C28H22N2O6S. The fourth-order valence-electron chi connectivity index (χ4n) is 4.85. The maximum absolute atomic E-state index is 13.4. The van der Waals surface area contributed by atoms with E-state index in [1.807, 2.05) is 13.0 Å². The highest BCUT2D eigenvalue weighted by atomic mass is 32.1. The highest BCUT2D eigenvalue weighted by Crippen LogP contribution is 2.45. The number of thiazole rings is 1. The number of benzene rings is 3. The minimum Gasteiger partial charge on any atom is -0.508 e. The zero-order chi connectivity index (χ0) is 25.8. The number of anilines is 1. The molecule has 0 radical (unpaired) electrons. The van der Waals surface area contributed by atoms with Crippen molar-refractivity contribution < 1.29 is 29.3 Å². The van der Waals surface area contributed by atoms with Crippen molar-refractivity contribution in [2.24, 2.45) is 0 Å². The van der Waals surface area contributed by atoms with Crippen LogP contribution in [0.3, 0.4) is 0 Å². The van der Waals surface area contributed by atoms with Gasteiger partial charge in [-0.3, -0.25) is 14.5 Å². The predicted molar refractivity (Wildman–Crippen MR) is 139 cm³/mol. The van der Waals surface area contributed by atoms with E-state index in [-0.39, 0.29) is 23.2 Å². The van der Waals surface area contributed by atoms with Gasteiger partial charge in [0.25, 0.3) is 5.78 Å². The molecule has 2 N–H and O–H groups in total. The standard InChI is InChI=1S/C28H22N2O6S/c1-14-11-17-12-16(5-10-21(17)36-14)25(32)23-24(15-3-6-18(31)7-4-15)30(27(34)26(23)33)28-29-20-9-8-19(35-2)13-22(20)37-28/h3-10,12-14,24,31-32H,11H2,1-2H3/b25-23+. The molecule has 2 atom stereocenters. The molecular weight excluding hydrogens is 492 g/mol. The van der Waals surface area contributed by atoms with Crippen LogP contribution in [-0.2, 0) is 16.0 Å². The Hall–Kier alpha value is -4.37. The van der Waals surface area contributed by atoms with Gasteiger partial charge in [0.1, 0.15) is 29.1 Å². The van der Waals surface area contributed by atoms with Gasteiger partial charge in [0.15, 0.2) is 5.13 Å². The molecule has 1 aromatic heterocycles. The number of fused-ring (bicyclic) bond motifs is 2. The fraction of sp³-hybridized carbons (Fsp3) is 0.179. The summed E-state index contributed by atoms with van der Waals surface area (Å²) in [5.74, 6) is -0.440. The molecule has 3 aromatic carbocycles. The fourth-order valence-corrected chi connectivity index (χ4v) is 5.87. The minimum absolute atomic E-state index is 0.0210. The second-order valence-corrected chi connectivity index (χ2v) is 10.1. The number of carbonyl (C=O) groups is 2. The number of aromatic hydroxyl groups is 1. The summed E-state index contributed by atoms with van der Waals surface area (Å²) in [5.41, 5.74) is 2.51. The van der Waals surface area contributed by atoms with E-state index in [2.05, 4.69) is 4.98 Å². The number of methoxy groups -OCH3 is 1. The van der Waals surface area contributed by atoms with Crippen molar-refractivity contribution in [3.8, 4) is 17.2 Å². The zero-order valence-electron chi connectivity index (χ0n) is 20.0. The molecule has 8 nitrogen and oxygen atoms in total.